The van der Waals surface area contributed by atoms with Gasteiger partial charge in [-0.25, -0.2) is 0 Å². The van der Waals surface area contributed by atoms with Gasteiger partial charge in [-0.15, -0.1) is 0 Å². The summed E-state index contributed by atoms with van der Waals surface area (Å²) in [6.07, 6.45) is 0.849. The van der Waals surface area contributed by atoms with Crippen molar-refractivity contribution in [3.05, 3.63) is 0 Å². The highest BCUT2D eigenvalue weighted by molar-refractivity contribution is 5.79. The lowest BCUT2D eigenvalue weighted by atomic mass is 10.1. The minimum absolute atomic E-state index is 0.338. The van der Waals surface area contributed by atoms with Gasteiger partial charge in [-0.1, -0.05) is 0 Å². The molecule has 94 valence electrons. The number of carbonyl (C=O) groups is 1. The average Bonchev–Trinajstić information content (AvgIpc) is 2.24. The molecule has 1 aliphatic heterocycles. The Balaban J connectivity index is 2.05. The summed E-state index contributed by atoms with van der Waals surface area (Å²) in [6, 6.07) is 0. The van der Waals surface area contributed by atoms with E-state index < -0.39 is 5.54 Å². The number of esters is 1. The Morgan fingerprint density at radius 1 is 1.44 bits per heavy atom. The van der Waals surface area contributed by atoms with E-state index in [4.69, 9.17) is 15.2 Å². The molecule has 0 bridgehead atoms. The van der Waals surface area contributed by atoms with E-state index in [2.05, 4.69) is 4.90 Å². The molecule has 0 unspecified atom stereocenters. The molecule has 1 heterocycles. The number of nitrogens with two attached hydrogens (primary N) is 1. The molecule has 0 aromatic rings. The van der Waals surface area contributed by atoms with E-state index in [1.807, 2.05) is 0 Å². The van der Waals surface area contributed by atoms with Crippen LogP contribution in [-0.2, 0) is 14.3 Å². The third-order valence-electron chi connectivity index (χ3n) is 2.48. The van der Waals surface area contributed by atoms with Gasteiger partial charge in [0.15, 0.2) is 0 Å². The van der Waals surface area contributed by atoms with Gasteiger partial charge in [-0.3, -0.25) is 9.69 Å². The fourth-order valence-electron chi connectivity index (χ4n) is 1.46. The average molecular weight is 230 g/mol. The monoisotopic (exact) mass is 230 g/mol. The Morgan fingerprint density at radius 2 is 2.06 bits per heavy atom. The zero-order valence-electron chi connectivity index (χ0n) is 10.2. The third kappa shape index (κ3) is 4.92. The molecule has 2 N–H and O–H groups in total. The van der Waals surface area contributed by atoms with Crippen molar-refractivity contribution in [2.75, 3.05) is 39.5 Å². The van der Waals surface area contributed by atoms with Gasteiger partial charge in [-0.05, 0) is 20.3 Å². The highest BCUT2D eigenvalue weighted by atomic mass is 16.5. The van der Waals surface area contributed by atoms with E-state index in [0.29, 0.717) is 6.61 Å². The van der Waals surface area contributed by atoms with Gasteiger partial charge in [0.2, 0.25) is 0 Å². The lowest BCUT2D eigenvalue weighted by Gasteiger charge is -2.26. The maximum atomic E-state index is 11.3. The second-order valence-electron chi connectivity index (χ2n) is 4.67. The molecule has 0 saturated carbocycles. The SMILES string of the molecule is CC(C)(N)C(=O)OCCCN1CCOCC1. The maximum absolute atomic E-state index is 11.3. The Labute approximate surface area is 96.9 Å². The van der Waals surface area contributed by atoms with Crippen LogP contribution in [0.3, 0.4) is 0 Å². The number of hydrogen-bond acceptors (Lipinski definition) is 5. The summed E-state index contributed by atoms with van der Waals surface area (Å²) in [4.78, 5) is 13.6. The molecular formula is C11H22N2O3. The highest BCUT2D eigenvalue weighted by Gasteiger charge is 2.23. The minimum Gasteiger partial charge on any atom is -0.464 e. The topological polar surface area (TPSA) is 64.8 Å². The van der Waals surface area contributed by atoms with E-state index in [1.165, 1.54) is 0 Å². The first-order chi connectivity index (χ1) is 7.50. The standard InChI is InChI=1S/C11H22N2O3/c1-11(2,12)10(14)16-7-3-4-13-5-8-15-9-6-13/h3-9,12H2,1-2H3. The molecule has 0 amide bonds. The van der Waals surface area contributed by atoms with Crippen LogP contribution in [0.15, 0.2) is 0 Å². The Bertz CT molecular complexity index is 220. The predicted molar refractivity (Wildman–Crippen MR) is 61.1 cm³/mol. The van der Waals surface area contributed by atoms with Gasteiger partial charge >= 0.3 is 5.97 Å². The summed E-state index contributed by atoms with van der Waals surface area (Å²) in [5.74, 6) is -0.338. The Kier molecular flexibility index (Phi) is 5.18. The number of hydrogen-bond donors (Lipinski definition) is 1. The Morgan fingerprint density at radius 3 is 2.62 bits per heavy atom. The number of carbonyl (C=O) groups excluding carboxylic acids is 1. The number of nitrogens with zero attached hydrogens (tertiary/aromatic N) is 1. The summed E-state index contributed by atoms with van der Waals surface area (Å²) in [6.45, 7) is 8.23. The van der Waals surface area contributed by atoms with Crippen LogP contribution in [0, 0.1) is 0 Å². The molecule has 1 saturated heterocycles. The van der Waals surface area contributed by atoms with Crippen molar-refractivity contribution in [2.45, 2.75) is 25.8 Å². The number of ether oxygens (including phenoxy) is 2. The molecule has 0 spiro atoms. The fourth-order valence-corrected chi connectivity index (χ4v) is 1.46. The largest absolute Gasteiger partial charge is 0.464 e. The molecule has 1 aliphatic rings. The summed E-state index contributed by atoms with van der Waals surface area (Å²) in [7, 11) is 0. The van der Waals surface area contributed by atoms with E-state index in [9.17, 15) is 4.79 Å². The lowest BCUT2D eigenvalue weighted by molar-refractivity contribution is -0.149. The van der Waals surface area contributed by atoms with Crippen molar-refractivity contribution in [1.82, 2.24) is 4.90 Å². The van der Waals surface area contributed by atoms with Gasteiger partial charge in [0, 0.05) is 19.6 Å². The zero-order valence-corrected chi connectivity index (χ0v) is 10.2. The first-order valence-electron chi connectivity index (χ1n) is 5.76. The van der Waals surface area contributed by atoms with Gasteiger partial charge < -0.3 is 15.2 Å². The molecule has 0 radical (unpaired) electrons. The van der Waals surface area contributed by atoms with Crippen molar-refractivity contribution >= 4 is 5.97 Å². The van der Waals surface area contributed by atoms with Crippen LogP contribution in [0.2, 0.25) is 0 Å². The fraction of sp³-hybridized carbons (Fsp3) is 0.909. The molecule has 1 fully saturated rings. The number of morpholine rings is 1. The molecule has 1 rings (SSSR count). The molecular weight excluding hydrogens is 208 g/mol. The van der Waals surface area contributed by atoms with Crippen molar-refractivity contribution in [3.8, 4) is 0 Å². The molecule has 0 aromatic carbocycles. The van der Waals surface area contributed by atoms with Crippen molar-refractivity contribution in [1.29, 1.82) is 0 Å². The lowest BCUT2D eigenvalue weighted by Crippen LogP contribution is -2.43. The van der Waals surface area contributed by atoms with Crippen LogP contribution in [0.4, 0.5) is 0 Å². The first-order valence-corrected chi connectivity index (χ1v) is 5.76. The van der Waals surface area contributed by atoms with E-state index in [0.717, 1.165) is 39.3 Å². The second-order valence-corrected chi connectivity index (χ2v) is 4.67. The van der Waals surface area contributed by atoms with Crippen LogP contribution in [0.5, 0.6) is 0 Å². The summed E-state index contributed by atoms with van der Waals surface area (Å²) in [5.41, 5.74) is 4.71. The van der Waals surface area contributed by atoms with E-state index in [1.54, 1.807) is 13.8 Å². The maximum Gasteiger partial charge on any atom is 0.325 e. The van der Waals surface area contributed by atoms with Crippen LogP contribution in [-0.4, -0.2) is 55.9 Å². The van der Waals surface area contributed by atoms with Crippen molar-refractivity contribution in [2.24, 2.45) is 5.73 Å². The van der Waals surface area contributed by atoms with Crippen LogP contribution < -0.4 is 5.73 Å². The first kappa shape index (κ1) is 13.4. The third-order valence-corrected chi connectivity index (χ3v) is 2.48. The highest BCUT2D eigenvalue weighted by Crippen LogP contribution is 2.02. The van der Waals surface area contributed by atoms with Gasteiger partial charge in [0.25, 0.3) is 0 Å². The smallest absolute Gasteiger partial charge is 0.325 e. The summed E-state index contributed by atoms with van der Waals surface area (Å²) >= 11 is 0. The predicted octanol–water partition coefficient (Wildman–Crippen LogP) is -0.0108. The van der Waals surface area contributed by atoms with Gasteiger partial charge in [0.05, 0.1) is 19.8 Å². The molecule has 16 heavy (non-hydrogen) atoms. The van der Waals surface area contributed by atoms with Gasteiger partial charge in [0.1, 0.15) is 5.54 Å². The molecule has 5 nitrogen and oxygen atoms in total. The van der Waals surface area contributed by atoms with Crippen molar-refractivity contribution in [3.63, 3.8) is 0 Å². The molecule has 0 atom stereocenters. The van der Waals surface area contributed by atoms with Crippen LogP contribution >= 0.6 is 0 Å². The van der Waals surface area contributed by atoms with E-state index in [-0.39, 0.29) is 5.97 Å². The normalized spacial score (nSPS) is 18.4. The summed E-state index contributed by atoms with van der Waals surface area (Å²) in [5, 5.41) is 0. The van der Waals surface area contributed by atoms with Crippen LogP contribution in [0.1, 0.15) is 20.3 Å². The van der Waals surface area contributed by atoms with Gasteiger partial charge in [-0.2, -0.15) is 0 Å². The number of rotatable bonds is 5. The molecule has 0 aromatic heterocycles. The zero-order chi connectivity index (χ0) is 12.0. The van der Waals surface area contributed by atoms with E-state index >= 15 is 0 Å². The molecule has 5 heteroatoms. The quantitative estimate of drug-likeness (QED) is 0.531. The summed E-state index contributed by atoms with van der Waals surface area (Å²) < 4.78 is 10.3. The van der Waals surface area contributed by atoms with Crippen molar-refractivity contribution < 1.29 is 14.3 Å². The molecule has 0 aliphatic carbocycles. The van der Waals surface area contributed by atoms with Crippen LogP contribution in [0.25, 0.3) is 0 Å². The minimum atomic E-state index is -0.890. The Hall–Kier alpha value is -0.650. The second kappa shape index (κ2) is 6.18.